The maximum atomic E-state index is 4.49. The van der Waals surface area contributed by atoms with Crippen molar-refractivity contribution in [3.05, 3.63) is 34.9 Å². The maximum absolute atomic E-state index is 4.49. The quantitative estimate of drug-likeness (QED) is 0.756. The molecule has 1 aliphatic rings. The Hall–Kier alpha value is -0.180. The lowest BCUT2D eigenvalue weighted by molar-refractivity contribution is 0.180. The van der Waals surface area contributed by atoms with Crippen LogP contribution in [0.25, 0.3) is 0 Å². The summed E-state index contributed by atoms with van der Waals surface area (Å²) >= 11 is 4.49. The molecule has 1 aromatic rings. The molecule has 20 heavy (non-hydrogen) atoms. The monoisotopic (exact) mass is 313 g/mol. The highest BCUT2D eigenvalue weighted by Gasteiger charge is 2.24. The average Bonchev–Trinajstić information content (AvgIpc) is 2.46. The zero-order valence-corrected chi connectivity index (χ0v) is 14.5. The van der Waals surface area contributed by atoms with E-state index in [9.17, 15) is 0 Å². The minimum absolute atomic E-state index is 0. The largest absolute Gasteiger partial charge is 0.300 e. The molecular weight excluding hydrogens is 286 g/mol. The van der Waals surface area contributed by atoms with Crippen LogP contribution in [0.15, 0.2) is 18.2 Å². The number of aryl methyl sites for hydroxylation is 1. The molecule has 114 valence electrons. The van der Waals surface area contributed by atoms with Gasteiger partial charge in [-0.15, -0.1) is 12.4 Å². The maximum Gasteiger partial charge on any atom is 0.0157 e. The van der Waals surface area contributed by atoms with Crippen LogP contribution >= 0.6 is 25.0 Å². The molecule has 0 bridgehead atoms. The summed E-state index contributed by atoms with van der Waals surface area (Å²) in [6, 6.07) is 7.50. The van der Waals surface area contributed by atoms with E-state index in [4.69, 9.17) is 0 Å². The predicted molar refractivity (Wildman–Crippen MR) is 94.3 cm³/mol. The van der Waals surface area contributed by atoms with E-state index < -0.39 is 0 Å². The van der Waals surface area contributed by atoms with E-state index in [1.807, 2.05) is 0 Å². The first-order valence-electron chi connectivity index (χ1n) is 7.74. The fourth-order valence-electron chi connectivity index (χ4n) is 3.36. The molecule has 1 nitrogen and oxygen atoms in total. The molecule has 0 spiro atoms. The molecule has 0 fully saturated rings. The first-order valence-corrected chi connectivity index (χ1v) is 8.37. The van der Waals surface area contributed by atoms with Crippen molar-refractivity contribution in [3.8, 4) is 0 Å². The molecule has 1 aliphatic carbocycles. The third-order valence-corrected chi connectivity index (χ3v) is 4.61. The summed E-state index contributed by atoms with van der Waals surface area (Å²) in [5.74, 6) is 0.872. The van der Waals surface area contributed by atoms with Crippen molar-refractivity contribution in [2.24, 2.45) is 0 Å². The standard InChI is InChI=1S/C17H27NS.ClH/c1-3-10-18(11-4-2)16-9-8-14-6-5-7-15(13-19)17(14)12-16;/h5-7,16,19H,3-4,8-13H2,1-2H3;1H/t16-;/m1./s1. The van der Waals surface area contributed by atoms with Crippen LogP contribution in [0.4, 0.5) is 0 Å². The first-order chi connectivity index (χ1) is 9.30. The SMILES string of the molecule is CCCN(CCC)[C@@H]1CCc2cccc(CS)c2C1.Cl. The van der Waals surface area contributed by atoms with Crippen LogP contribution in [-0.4, -0.2) is 24.0 Å². The molecule has 0 aliphatic heterocycles. The Morgan fingerprint density at radius 1 is 1.20 bits per heavy atom. The van der Waals surface area contributed by atoms with Crippen molar-refractivity contribution in [3.63, 3.8) is 0 Å². The van der Waals surface area contributed by atoms with Crippen LogP contribution in [-0.2, 0) is 18.6 Å². The van der Waals surface area contributed by atoms with Gasteiger partial charge in [-0.3, -0.25) is 0 Å². The molecule has 0 aromatic heterocycles. The third kappa shape index (κ3) is 4.16. The second-order valence-electron chi connectivity index (χ2n) is 5.65. The highest BCUT2D eigenvalue weighted by atomic mass is 35.5. The summed E-state index contributed by atoms with van der Waals surface area (Å²) in [6.07, 6.45) is 6.32. The fraction of sp³-hybridized carbons (Fsp3) is 0.647. The molecule has 0 radical (unpaired) electrons. The topological polar surface area (TPSA) is 3.24 Å². The lowest BCUT2D eigenvalue weighted by Gasteiger charge is -2.35. The van der Waals surface area contributed by atoms with Gasteiger partial charge in [0.15, 0.2) is 0 Å². The van der Waals surface area contributed by atoms with Crippen LogP contribution in [0.2, 0.25) is 0 Å². The van der Waals surface area contributed by atoms with E-state index in [1.54, 1.807) is 11.1 Å². The molecule has 0 N–H and O–H groups in total. The van der Waals surface area contributed by atoms with Gasteiger partial charge in [0.2, 0.25) is 0 Å². The number of thiol groups is 1. The number of halogens is 1. The number of benzene rings is 1. The Bertz CT molecular complexity index is 388. The minimum Gasteiger partial charge on any atom is -0.300 e. The Labute approximate surface area is 136 Å². The van der Waals surface area contributed by atoms with E-state index in [0.29, 0.717) is 0 Å². The van der Waals surface area contributed by atoms with Crippen molar-refractivity contribution in [2.45, 2.75) is 57.7 Å². The van der Waals surface area contributed by atoms with Crippen molar-refractivity contribution in [2.75, 3.05) is 13.1 Å². The Morgan fingerprint density at radius 3 is 2.50 bits per heavy atom. The zero-order chi connectivity index (χ0) is 13.7. The van der Waals surface area contributed by atoms with Gasteiger partial charge in [0.25, 0.3) is 0 Å². The summed E-state index contributed by atoms with van der Waals surface area (Å²) in [6.45, 7) is 7.07. The van der Waals surface area contributed by atoms with Gasteiger partial charge in [-0.05, 0) is 61.9 Å². The molecule has 0 heterocycles. The van der Waals surface area contributed by atoms with Crippen LogP contribution in [0, 0.1) is 0 Å². The molecular formula is C17H28ClNS. The van der Waals surface area contributed by atoms with E-state index in [2.05, 4.69) is 49.6 Å². The van der Waals surface area contributed by atoms with Gasteiger partial charge in [0, 0.05) is 11.8 Å². The predicted octanol–water partition coefficient (Wildman–Crippen LogP) is 4.52. The lowest BCUT2D eigenvalue weighted by Crippen LogP contribution is -2.40. The minimum atomic E-state index is 0. The second-order valence-corrected chi connectivity index (χ2v) is 5.96. The second kappa shape index (κ2) is 8.96. The van der Waals surface area contributed by atoms with Crippen molar-refractivity contribution >= 4 is 25.0 Å². The summed E-state index contributed by atoms with van der Waals surface area (Å²) in [5, 5.41) is 0. The first kappa shape index (κ1) is 17.9. The molecule has 1 aromatic carbocycles. The Kier molecular flexibility index (Phi) is 8.01. The van der Waals surface area contributed by atoms with Gasteiger partial charge in [-0.25, -0.2) is 0 Å². The van der Waals surface area contributed by atoms with Gasteiger partial charge >= 0.3 is 0 Å². The lowest BCUT2D eigenvalue weighted by atomic mass is 9.85. The highest BCUT2D eigenvalue weighted by Crippen LogP contribution is 2.28. The van der Waals surface area contributed by atoms with E-state index in [0.717, 1.165) is 11.8 Å². The van der Waals surface area contributed by atoms with E-state index in [-0.39, 0.29) is 12.4 Å². The number of rotatable bonds is 6. The van der Waals surface area contributed by atoms with Crippen LogP contribution in [0.3, 0.4) is 0 Å². The summed E-state index contributed by atoms with van der Waals surface area (Å²) < 4.78 is 0. The molecule has 0 unspecified atom stereocenters. The zero-order valence-electron chi connectivity index (χ0n) is 12.8. The molecule has 0 amide bonds. The Morgan fingerprint density at radius 2 is 1.90 bits per heavy atom. The van der Waals surface area contributed by atoms with Crippen LogP contribution in [0.5, 0.6) is 0 Å². The van der Waals surface area contributed by atoms with Crippen LogP contribution in [0.1, 0.15) is 49.8 Å². The van der Waals surface area contributed by atoms with Crippen molar-refractivity contribution in [1.29, 1.82) is 0 Å². The highest BCUT2D eigenvalue weighted by molar-refractivity contribution is 7.79. The van der Waals surface area contributed by atoms with Crippen LogP contribution < -0.4 is 0 Å². The fourth-order valence-corrected chi connectivity index (χ4v) is 3.65. The normalized spacial score (nSPS) is 17.7. The average molecular weight is 314 g/mol. The van der Waals surface area contributed by atoms with Gasteiger partial charge in [0.1, 0.15) is 0 Å². The number of nitrogens with zero attached hydrogens (tertiary/aromatic N) is 1. The Balaban J connectivity index is 0.00000200. The van der Waals surface area contributed by atoms with Gasteiger partial charge in [-0.2, -0.15) is 12.6 Å². The third-order valence-electron chi connectivity index (χ3n) is 4.27. The summed E-state index contributed by atoms with van der Waals surface area (Å²) in [5.41, 5.74) is 4.60. The molecule has 0 saturated heterocycles. The molecule has 2 rings (SSSR count). The van der Waals surface area contributed by atoms with Gasteiger partial charge in [-0.1, -0.05) is 32.0 Å². The molecule has 3 heteroatoms. The van der Waals surface area contributed by atoms with Gasteiger partial charge < -0.3 is 4.90 Å². The van der Waals surface area contributed by atoms with E-state index >= 15 is 0 Å². The van der Waals surface area contributed by atoms with Crippen molar-refractivity contribution < 1.29 is 0 Å². The molecule has 0 saturated carbocycles. The summed E-state index contributed by atoms with van der Waals surface area (Å²) in [7, 11) is 0. The van der Waals surface area contributed by atoms with E-state index in [1.165, 1.54) is 50.8 Å². The number of fused-ring (bicyclic) bond motifs is 1. The van der Waals surface area contributed by atoms with Gasteiger partial charge in [0.05, 0.1) is 0 Å². The van der Waals surface area contributed by atoms with Crippen molar-refractivity contribution in [1.82, 2.24) is 4.90 Å². The number of hydrogen-bond donors (Lipinski definition) is 1. The summed E-state index contributed by atoms with van der Waals surface area (Å²) in [4.78, 5) is 2.71. The number of hydrogen-bond acceptors (Lipinski definition) is 2. The smallest absolute Gasteiger partial charge is 0.0157 e. The molecule has 1 atom stereocenters.